The smallest absolute Gasteiger partial charge is 0.165 e. The molecule has 0 aromatic heterocycles. The van der Waals surface area contributed by atoms with Gasteiger partial charge in [0.05, 0.1) is 7.11 Å². The third-order valence-electron chi connectivity index (χ3n) is 4.05. The summed E-state index contributed by atoms with van der Waals surface area (Å²) in [6.07, 6.45) is 4.39. The van der Waals surface area contributed by atoms with Gasteiger partial charge in [-0.3, -0.25) is 0 Å². The first-order valence-corrected chi connectivity index (χ1v) is 6.21. The molecule has 1 aromatic carbocycles. The summed E-state index contributed by atoms with van der Waals surface area (Å²) in [5, 5.41) is 0. The summed E-state index contributed by atoms with van der Waals surface area (Å²) in [6, 6.07) is 5.09. The van der Waals surface area contributed by atoms with E-state index < -0.39 is 0 Å². The van der Waals surface area contributed by atoms with Gasteiger partial charge < -0.3 is 10.5 Å². The number of hydrogen-bond donors (Lipinski definition) is 1. The molecule has 0 radical (unpaired) electrons. The molecule has 0 amide bonds. The predicted octanol–water partition coefficient (Wildman–Crippen LogP) is 3.20. The number of benzene rings is 1. The van der Waals surface area contributed by atoms with Crippen LogP contribution < -0.4 is 10.5 Å². The van der Waals surface area contributed by atoms with Gasteiger partial charge in [-0.15, -0.1) is 0 Å². The van der Waals surface area contributed by atoms with Crippen molar-refractivity contribution in [2.75, 3.05) is 7.11 Å². The molecule has 2 rings (SSSR count). The number of nitrogens with two attached hydrogens (primary N) is 1. The van der Waals surface area contributed by atoms with Crippen molar-refractivity contribution in [2.24, 2.45) is 11.7 Å². The van der Waals surface area contributed by atoms with Gasteiger partial charge in [0, 0.05) is 5.54 Å². The maximum atomic E-state index is 13.7. The van der Waals surface area contributed by atoms with Crippen LogP contribution in [0.4, 0.5) is 4.39 Å². The highest BCUT2D eigenvalue weighted by Gasteiger charge is 2.36. The lowest BCUT2D eigenvalue weighted by molar-refractivity contribution is 0.206. The summed E-state index contributed by atoms with van der Waals surface area (Å²) in [6.45, 7) is 2.15. The van der Waals surface area contributed by atoms with Crippen molar-refractivity contribution in [3.63, 3.8) is 0 Å². The highest BCUT2D eigenvalue weighted by Crippen LogP contribution is 2.40. The number of rotatable bonds is 2. The van der Waals surface area contributed by atoms with E-state index in [0.29, 0.717) is 5.92 Å². The van der Waals surface area contributed by atoms with Gasteiger partial charge >= 0.3 is 0 Å². The van der Waals surface area contributed by atoms with Crippen LogP contribution in [0.5, 0.6) is 5.75 Å². The monoisotopic (exact) mass is 237 g/mol. The van der Waals surface area contributed by atoms with E-state index in [1.165, 1.54) is 19.6 Å². The van der Waals surface area contributed by atoms with Crippen LogP contribution in [-0.2, 0) is 5.54 Å². The molecule has 0 heterocycles. The molecule has 0 saturated heterocycles. The summed E-state index contributed by atoms with van der Waals surface area (Å²) in [5.41, 5.74) is 6.98. The Morgan fingerprint density at radius 2 is 2.18 bits per heavy atom. The lowest BCUT2D eigenvalue weighted by atomic mass is 9.70. The maximum Gasteiger partial charge on any atom is 0.165 e. The fourth-order valence-electron chi connectivity index (χ4n) is 2.76. The quantitative estimate of drug-likeness (QED) is 0.857. The van der Waals surface area contributed by atoms with Crippen LogP contribution >= 0.6 is 0 Å². The van der Waals surface area contributed by atoms with E-state index in [4.69, 9.17) is 10.5 Å². The molecular weight excluding hydrogens is 217 g/mol. The van der Waals surface area contributed by atoms with E-state index in [2.05, 4.69) is 6.92 Å². The zero-order chi connectivity index (χ0) is 12.5. The highest BCUT2D eigenvalue weighted by molar-refractivity contribution is 5.34. The Hall–Kier alpha value is -1.09. The largest absolute Gasteiger partial charge is 0.494 e. The minimum atomic E-state index is -0.384. The molecule has 2 unspecified atom stereocenters. The molecule has 2 nitrogen and oxygen atoms in total. The lowest BCUT2D eigenvalue weighted by Gasteiger charge is -2.40. The van der Waals surface area contributed by atoms with Crippen LogP contribution in [-0.4, -0.2) is 7.11 Å². The normalized spacial score (nSPS) is 29.1. The highest BCUT2D eigenvalue weighted by atomic mass is 19.1. The molecule has 1 fully saturated rings. The average molecular weight is 237 g/mol. The van der Waals surface area contributed by atoms with Crippen LogP contribution in [0.1, 0.15) is 38.2 Å². The number of hydrogen-bond acceptors (Lipinski definition) is 2. The second-order valence-corrected chi connectivity index (χ2v) is 5.04. The third kappa shape index (κ3) is 2.16. The zero-order valence-electron chi connectivity index (χ0n) is 10.5. The molecule has 2 atom stereocenters. The van der Waals surface area contributed by atoms with Crippen molar-refractivity contribution in [3.8, 4) is 5.75 Å². The van der Waals surface area contributed by atoms with Crippen molar-refractivity contribution in [1.29, 1.82) is 0 Å². The Bertz CT molecular complexity index is 407. The molecule has 0 aliphatic heterocycles. The Kier molecular flexibility index (Phi) is 3.38. The van der Waals surface area contributed by atoms with Crippen molar-refractivity contribution in [2.45, 2.75) is 38.1 Å². The van der Waals surface area contributed by atoms with Crippen molar-refractivity contribution >= 4 is 0 Å². The van der Waals surface area contributed by atoms with Crippen LogP contribution in [0.3, 0.4) is 0 Å². The average Bonchev–Trinajstić information content (AvgIpc) is 2.33. The number of ether oxygens (including phenoxy) is 1. The Morgan fingerprint density at radius 1 is 1.41 bits per heavy atom. The number of halogens is 1. The second kappa shape index (κ2) is 4.65. The predicted molar refractivity (Wildman–Crippen MR) is 66.4 cm³/mol. The van der Waals surface area contributed by atoms with Gasteiger partial charge in [0.15, 0.2) is 11.6 Å². The minimum absolute atomic E-state index is 0.279. The SMILES string of the molecule is COc1ccc(C2(N)CCCCC2C)cc1F. The fraction of sp³-hybridized carbons (Fsp3) is 0.571. The molecule has 1 aliphatic carbocycles. The molecule has 1 saturated carbocycles. The van der Waals surface area contributed by atoms with Gasteiger partial charge in [0.2, 0.25) is 0 Å². The summed E-state index contributed by atoms with van der Waals surface area (Å²) >= 11 is 0. The van der Waals surface area contributed by atoms with E-state index in [0.717, 1.165) is 24.8 Å². The van der Waals surface area contributed by atoms with E-state index in [9.17, 15) is 4.39 Å². The molecule has 0 bridgehead atoms. The molecule has 1 aromatic rings. The van der Waals surface area contributed by atoms with Crippen LogP contribution in [0.2, 0.25) is 0 Å². The van der Waals surface area contributed by atoms with Crippen molar-refractivity contribution in [1.82, 2.24) is 0 Å². The van der Waals surface area contributed by atoms with E-state index in [-0.39, 0.29) is 17.1 Å². The Balaban J connectivity index is 2.35. The van der Waals surface area contributed by atoms with E-state index in [1.807, 2.05) is 6.07 Å². The summed E-state index contributed by atoms with van der Waals surface area (Å²) in [5.74, 6) is 0.345. The first kappa shape index (κ1) is 12.4. The van der Waals surface area contributed by atoms with Gasteiger partial charge in [-0.05, 0) is 36.5 Å². The molecule has 17 heavy (non-hydrogen) atoms. The van der Waals surface area contributed by atoms with Gasteiger partial charge in [0.25, 0.3) is 0 Å². The summed E-state index contributed by atoms with van der Waals surface area (Å²) in [4.78, 5) is 0. The van der Waals surface area contributed by atoms with E-state index >= 15 is 0 Å². The Morgan fingerprint density at radius 3 is 2.76 bits per heavy atom. The molecule has 2 N–H and O–H groups in total. The van der Waals surface area contributed by atoms with Gasteiger partial charge in [-0.1, -0.05) is 25.8 Å². The third-order valence-corrected chi connectivity index (χ3v) is 4.05. The second-order valence-electron chi connectivity index (χ2n) is 5.04. The molecule has 94 valence electrons. The van der Waals surface area contributed by atoms with Crippen LogP contribution in [0.25, 0.3) is 0 Å². The molecule has 0 spiro atoms. The summed E-state index contributed by atoms with van der Waals surface area (Å²) < 4.78 is 18.7. The lowest BCUT2D eigenvalue weighted by Crippen LogP contribution is -2.45. The molecule has 3 heteroatoms. The maximum absolute atomic E-state index is 13.7. The first-order chi connectivity index (χ1) is 8.08. The van der Waals surface area contributed by atoms with Crippen LogP contribution in [0, 0.1) is 11.7 Å². The fourth-order valence-corrected chi connectivity index (χ4v) is 2.76. The summed E-state index contributed by atoms with van der Waals surface area (Å²) in [7, 11) is 1.47. The number of methoxy groups -OCH3 is 1. The zero-order valence-corrected chi connectivity index (χ0v) is 10.5. The molecule has 1 aliphatic rings. The van der Waals surface area contributed by atoms with Crippen LogP contribution in [0.15, 0.2) is 18.2 Å². The first-order valence-electron chi connectivity index (χ1n) is 6.21. The topological polar surface area (TPSA) is 35.2 Å². The van der Waals surface area contributed by atoms with Gasteiger partial charge in [-0.25, -0.2) is 4.39 Å². The van der Waals surface area contributed by atoms with E-state index in [1.54, 1.807) is 6.07 Å². The van der Waals surface area contributed by atoms with Gasteiger partial charge in [0.1, 0.15) is 0 Å². The minimum Gasteiger partial charge on any atom is -0.494 e. The Labute approximate surface area is 102 Å². The van der Waals surface area contributed by atoms with Gasteiger partial charge in [-0.2, -0.15) is 0 Å². The molecular formula is C14H20FNO. The van der Waals surface area contributed by atoms with Crippen molar-refractivity contribution < 1.29 is 9.13 Å². The van der Waals surface area contributed by atoms with Crippen molar-refractivity contribution in [3.05, 3.63) is 29.6 Å². The standard InChI is InChI=1S/C14H20FNO/c1-10-5-3-4-8-14(10,16)11-6-7-13(17-2)12(15)9-11/h6-7,9-10H,3-5,8,16H2,1-2H3.